The lowest BCUT2D eigenvalue weighted by Gasteiger charge is -2.07. The summed E-state index contributed by atoms with van der Waals surface area (Å²) < 4.78 is 36.2. The van der Waals surface area contributed by atoms with Crippen LogP contribution in [0, 0.1) is 18.6 Å². The minimum Gasteiger partial charge on any atom is -0.203 e. The molecule has 0 saturated carbocycles. The molecule has 0 spiro atoms. The van der Waals surface area contributed by atoms with Crippen molar-refractivity contribution in [2.75, 3.05) is 0 Å². The van der Waals surface area contributed by atoms with Crippen LogP contribution in [0.25, 0.3) is 22.2 Å². The lowest BCUT2D eigenvalue weighted by Crippen LogP contribution is -1.94. The Morgan fingerprint density at radius 1 is 1.11 bits per heavy atom. The maximum Gasteiger partial charge on any atom is 0.176 e. The number of benzene rings is 2. The van der Waals surface area contributed by atoms with Gasteiger partial charge in [-0.1, -0.05) is 29.8 Å². The minimum atomic E-state index is -0.934. The van der Waals surface area contributed by atoms with E-state index in [1.807, 2.05) is 13.0 Å². The zero-order valence-corrected chi connectivity index (χ0v) is 12.1. The van der Waals surface area contributed by atoms with Crippen molar-refractivity contribution in [3.8, 4) is 11.1 Å². The molecule has 0 atom stereocenters. The first-order chi connectivity index (χ1) is 9.09. The Morgan fingerprint density at radius 3 is 2.58 bits per heavy atom. The van der Waals surface area contributed by atoms with Gasteiger partial charge in [0.05, 0.1) is 16.2 Å². The van der Waals surface area contributed by atoms with Gasteiger partial charge in [-0.3, -0.25) is 0 Å². The average Bonchev–Trinajstić information content (AvgIpc) is 2.85. The van der Waals surface area contributed by atoms with Crippen LogP contribution in [0.4, 0.5) is 8.78 Å². The summed E-state index contributed by atoms with van der Waals surface area (Å²) in [6.07, 6.45) is 0. The third kappa shape index (κ3) is 1.95. The Kier molecular flexibility index (Phi) is 3.06. The molecule has 0 radical (unpaired) electrons. The van der Waals surface area contributed by atoms with Gasteiger partial charge in [-0.05, 0) is 28.4 Å². The van der Waals surface area contributed by atoms with Gasteiger partial charge in [0.25, 0.3) is 0 Å². The van der Waals surface area contributed by atoms with E-state index in [-0.39, 0.29) is 10.0 Å². The first-order valence-electron chi connectivity index (χ1n) is 5.45. The zero-order valence-electron chi connectivity index (χ0n) is 9.75. The van der Waals surface area contributed by atoms with E-state index in [4.69, 9.17) is 0 Å². The van der Waals surface area contributed by atoms with Crippen molar-refractivity contribution in [2.45, 2.75) is 6.92 Å². The summed E-state index contributed by atoms with van der Waals surface area (Å²) in [4.78, 5) is 0. The van der Waals surface area contributed by atoms with Crippen molar-refractivity contribution in [1.82, 2.24) is 8.75 Å². The van der Waals surface area contributed by atoms with Gasteiger partial charge in [-0.25, -0.2) is 8.78 Å². The summed E-state index contributed by atoms with van der Waals surface area (Å²) in [6, 6.07) is 7.23. The molecular weight excluding hydrogens is 334 g/mol. The molecule has 1 aromatic heterocycles. The monoisotopic (exact) mass is 340 g/mol. The highest BCUT2D eigenvalue weighted by molar-refractivity contribution is 9.10. The molecule has 2 aromatic carbocycles. The molecule has 6 heteroatoms. The van der Waals surface area contributed by atoms with E-state index < -0.39 is 11.6 Å². The second-order valence-electron chi connectivity index (χ2n) is 4.15. The largest absolute Gasteiger partial charge is 0.203 e. The van der Waals surface area contributed by atoms with E-state index in [9.17, 15) is 8.78 Å². The molecule has 1 heterocycles. The molecule has 0 aliphatic heterocycles. The van der Waals surface area contributed by atoms with Gasteiger partial charge < -0.3 is 0 Å². The highest BCUT2D eigenvalue weighted by atomic mass is 79.9. The van der Waals surface area contributed by atoms with Crippen LogP contribution in [0.15, 0.2) is 28.7 Å². The molecule has 2 nitrogen and oxygen atoms in total. The second kappa shape index (κ2) is 4.61. The number of hydrogen-bond acceptors (Lipinski definition) is 3. The van der Waals surface area contributed by atoms with E-state index in [2.05, 4.69) is 24.7 Å². The summed E-state index contributed by atoms with van der Waals surface area (Å²) in [6.45, 7) is 1.90. The lowest BCUT2D eigenvalue weighted by atomic mass is 10.0. The van der Waals surface area contributed by atoms with Gasteiger partial charge in [0, 0.05) is 5.56 Å². The van der Waals surface area contributed by atoms with Crippen molar-refractivity contribution in [2.24, 2.45) is 0 Å². The smallest absolute Gasteiger partial charge is 0.176 e. The third-order valence-corrected chi connectivity index (χ3v) is 4.10. The summed E-state index contributed by atoms with van der Waals surface area (Å²) in [7, 11) is 0. The Labute approximate surface area is 120 Å². The normalized spacial score (nSPS) is 11.2. The van der Waals surface area contributed by atoms with Crippen molar-refractivity contribution in [1.29, 1.82) is 0 Å². The van der Waals surface area contributed by atoms with Gasteiger partial charge in [0.1, 0.15) is 11.0 Å². The zero-order chi connectivity index (χ0) is 13.6. The predicted molar refractivity (Wildman–Crippen MR) is 75.2 cm³/mol. The van der Waals surface area contributed by atoms with Crippen molar-refractivity contribution < 1.29 is 8.78 Å². The highest BCUT2D eigenvalue weighted by Gasteiger charge is 2.22. The first kappa shape index (κ1) is 12.6. The topological polar surface area (TPSA) is 25.8 Å². The van der Waals surface area contributed by atoms with Crippen molar-refractivity contribution >= 4 is 38.7 Å². The lowest BCUT2D eigenvalue weighted by molar-refractivity contribution is 0.509. The predicted octanol–water partition coefficient (Wildman–Crippen LogP) is 4.71. The first-order valence-corrected chi connectivity index (χ1v) is 6.97. The molecule has 96 valence electrons. The molecule has 0 fully saturated rings. The Hall–Kier alpha value is -1.40. The molecule has 3 aromatic rings. The summed E-state index contributed by atoms with van der Waals surface area (Å²) in [5, 5.41) is 0. The second-order valence-corrected chi connectivity index (χ2v) is 5.47. The standard InChI is InChI=1S/C13H7BrF2N2S/c1-6-3-2-4-7(5-6)8-10(15)11(16)9(14)13-12(8)17-19-18-13/h2-5H,1H3. The van der Waals surface area contributed by atoms with E-state index in [0.717, 1.165) is 17.3 Å². The van der Waals surface area contributed by atoms with Crippen molar-refractivity contribution in [3.63, 3.8) is 0 Å². The van der Waals surface area contributed by atoms with E-state index in [1.54, 1.807) is 18.2 Å². The maximum atomic E-state index is 14.2. The van der Waals surface area contributed by atoms with Crippen LogP contribution in [-0.2, 0) is 0 Å². The van der Waals surface area contributed by atoms with E-state index in [1.165, 1.54) is 0 Å². The summed E-state index contributed by atoms with van der Waals surface area (Å²) in [5.74, 6) is -1.84. The number of fused-ring (bicyclic) bond motifs is 1. The molecule has 0 aliphatic carbocycles. The minimum absolute atomic E-state index is 0.0187. The average molecular weight is 341 g/mol. The van der Waals surface area contributed by atoms with E-state index >= 15 is 0 Å². The van der Waals surface area contributed by atoms with Crippen molar-refractivity contribution in [3.05, 3.63) is 45.9 Å². The van der Waals surface area contributed by atoms with Crippen LogP contribution >= 0.6 is 27.7 Å². The van der Waals surface area contributed by atoms with E-state index in [0.29, 0.717) is 16.6 Å². The SMILES string of the molecule is Cc1cccc(-c2c(F)c(F)c(Br)c3nsnc23)c1. The molecule has 0 aliphatic rings. The fourth-order valence-corrected chi connectivity index (χ4v) is 3.10. The highest BCUT2D eigenvalue weighted by Crippen LogP contribution is 2.37. The van der Waals surface area contributed by atoms with Gasteiger partial charge >= 0.3 is 0 Å². The molecular formula is C13H7BrF2N2S. The Morgan fingerprint density at radius 2 is 1.84 bits per heavy atom. The molecule has 0 bridgehead atoms. The fourth-order valence-electron chi connectivity index (χ4n) is 1.97. The summed E-state index contributed by atoms with van der Waals surface area (Å²) >= 11 is 3.96. The fraction of sp³-hybridized carbons (Fsp3) is 0.0769. The number of aryl methyl sites for hydroxylation is 1. The molecule has 3 rings (SSSR count). The quantitative estimate of drug-likeness (QED) is 0.599. The number of aromatic nitrogens is 2. The van der Waals surface area contributed by atoms with Gasteiger partial charge in [-0.15, -0.1) is 0 Å². The molecule has 19 heavy (non-hydrogen) atoms. The van der Waals surface area contributed by atoms with Gasteiger partial charge in [-0.2, -0.15) is 8.75 Å². The number of halogens is 3. The summed E-state index contributed by atoms with van der Waals surface area (Å²) in [5.41, 5.74) is 2.45. The molecule has 0 saturated heterocycles. The Bertz CT molecular complexity index is 786. The maximum absolute atomic E-state index is 14.2. The Balaban J connectivity index is 2.44. The third-order valence-electron chi connectivity index (χ3n) is 2.84. The van der Waals surface area contributed by atoms with Crippen LogP contribution in [0.5, 0.6) is 0 Å². The number of nitrogens with zero attached hydrogens (tertiary/aromatic N) is 2. The number of rotatable bonds is 1. The van der Waals surface area contributed by atoms with Gasteiger partial charge in [0.15, 0.2) is 11.6 Å². The molecule has 0 N–H and O–H groups in total. The van der Waals surface area contributed by atoms with Crippen LogP contribution in [0.3, 0.4) is 0 Å². The number of hydrogen-bond donors (Lipinski definition) is 0. The van der Waals surface area contributed by atoms with Crippen LogP contribution < -0.4 is 0 Å². The molecule has 0 unspecified atom stereocenters. The van der Waals surface area contributed by atoms with Crippen LogP contribution in [0.1, 0.15) is 5.56 Å². The van der Waals surface area contributed by atoms with Gasteiger partial charge in [0.2, 0.25) is 0 Å². The van der Waals surface area contributed by atoms with Crippen LogP contribution in [-0.4, -0.2) is 8.75 Å². The molecule has 0 amide bonds. The van der Waals surface area contributed by atoms with Crippen LogP contribution in [0.2, 0.25) is 0 Å².